The number of aliphatic hydroxyl groups excluding tert-OH is 1. The molecule has 0 saturated heterocycles. The third-order valence-electron chi connectivity index (χ3n) is 5.51. The molecule has 2 atom stereocenters. The minimum absolute atomic E-state index is 0.107. The van der Waals surface area contributed by atoms with Gasteiger partial charge in [-0.05, 0) is 25.2 Å². The van der Waals surface area contributed by atoms with Crippen LogP contribution in [0.25, 0.3) is 0 Å². The van der Waals surface area contributed by atoms with E-state index in [2.05, 4.69) is 79.0 Å². The van der Waals surface area contributed by atoms with Gasteiger partial charge in [-0.1, -0.05) is 102 Å². The van der Waals surface area contributed by atoms with Crippen molar-refractivity contribution in [3.8, 4) is 0 Å². The number of hydrogen-bond acceptors (Lipinski definition) is 1. The molecule has 0 aliphatic heterocycles. The monoisotopic (exact) mass is 336 g/mol. The van der Waals surface area contributed by atoms with Crippen molar-refractivity contribution >= 4 is 18.4 Å². The quantitative estimate of drug-likeness (QED) is 0.821. The molecule has 0 bridgehead atoms. The maximum Gasteiger partial charge on any atom is 0.137 e. The molecule has 1 aliphatic rings. The van der Waals surface area contributed by atoms with Crippen LogP contribution in [0.1, 0.15) is 32.1 Å². The highest BCUT2D eigenvalue weighted by molar-refractivity contribution is 7.05. The predicted octanol–water partition coefficient (Wildman–Crippen LogP) is 3.92. The Hall–Kier alpha value is -1.64. The molecular weight excluding hydrogens is 308 g/mol. The van der Waals surface area contributed by atoms with Gasteiger partial charge in [0.05, 0.1) is 6.10 Å². The van der Waals surface area contributed by atoms with Crippen molar-refractivity contribution < 1.29 is 5.11 Å². The summed E-state index contributed by atoms with van der Waals surface area (Å²) in [5.74, 6) is 0.444. The van der Waals surface area contributed by atoms with Crippen LogP contribution >= 0.6 is 0 Å². The Bertz CT molecular complexity index is 611. The first-order chi connectivity index (χ1) is 11.7. The molecule has 1 saturated carbocycles. The molecule has 24 heavy (non-hydrogen) atoms. The lowest BCUT2D eigenvalue weighted by Crippen LogP contribution is -2.54. The van der Waals surface area contributed by atoms with Gasteiger partial charge in [0.2, 0.25) is 0 Å². The third-order valence-corrected chi connectivity index (χ3v) is 9.47. The summed E-state index contributed by atoms with van der Waals surface area (Å²) in [5, 5.41) is 13.1. The fourth-order valence-electron chi connectivity index (χ4n) is 3.87. The van der Waals surface area contributed by atoms with Crippen LogP contribution in [-0.2, 0) is 0 Å². The van der Waals surface area contributed by atoms with E-state index in [4.69, 9.17) is 0 Å². The minimum atomic E-state index is -1.87. The Morgan fingerprint density at radius 3 is 2.00 bits per heavy atom. The second kappa shape index (κ2) is 7.95. The summed E-state index contributed by atoms with van der Waals surface area (Å²) in [6.45, 7) is 2.42. The predicted molar refractivity (Wildman–Crippen MR) is 105 cm³/mol. The van der Waals surface area contributed by atoms with Gasteiger partial charge in [-0.15, -0.1) is 0 Å². The molecule has 0 unspecified atom stereocenters. The van der Waals surface area contributed by atoms with Gasteiger partial charge in [-0.3, -0.25) is 0 Å². The molecule has 0 heterocycles. The van der Waals surface area contributed by atoms with Crippen LogP contribution in [-0.4, -0.2) is 19.3 Å². The molecule has 0 aromatic heterocycles. The van der Waals surface area contributed by atoms with Crippen LogP contribution in [0, 0.1) is 5.92 Å². The first kappa shape index (κ1) is 17.2. The SMILES string of the molecule is C[Si](/C=C/C[C@H]1CCCC[C@@H]1O)(c1ccccc1)c1ccccc1. The molecule has 1 nitrogen and oxygen atoms in total. The Morgan fingerprint density at radius 1 is 0.917 bits per heavy atom. The van der Waals surface area contributed by atoms with Crippen LogP contribution in [0.4, 0.5) is 0 Å². The van der Waals surface area contributed by atoms with Crippen molar-refractivity contribution in [2.75, 3.05) is 0 Å². The molecule has 1 aliphatic carbocycles. The molecule has 1 N–H and O–H groups in total. The molecule has 3 rings (SSSR count). The van der Waals surface area contributed by atoms with E-state index in [-0.39, 0.29) is 6.10 Å². The summed E-state index contributed by atoms with van der Waals surface area (Å²) >= 11 is 0. The zero-order chi connectivity index (χ0) is 16.8. The third kappa shape index (κ3) is 3.88. The van der Waals surface area contributed by atoms with Crippen LogP contribution in [0.2, 0.25) is 6.55 Å². The van der Waals surface area contributed by atoms with E-state index in [9.17, 15) is 5.11 Å². The van der Waals surface area contributed by atoms with Gasteiger partial charge in [0.15, 0.2) is 0 Å². The highest BCUT2D eigenvalue weighted by Gasteiger charge is 2.29. The number of allylic oxidation sites excluding steroid dienone is 1. The molecule has 1 fully saturated rings. The van der Waals surface area contributed by atoms with Gasteiger partial charge < -0.3 is 5.11 Å². The van der Waals surface area contributed by atoms with Crippen molar-refractivity contribution in [2.24, 2.45) is 5.92 Å². The van der Waals surface area contributed by atoms with Gasteiger partial charge in [-0.25, -0.2) is 0 Å². The van der Waals surface area contributed by atoms with Gasteiger partial charge in [0.1, 0.15) is 8.07 Å². The first-order valence-electron chi connectivity index (χ1n) is 9.17. The number of hydrogen-bond donors (Lipinski definition) is 1. The fourth-order valence-corrected chi connectivity index (χ4v) is 6.96. The highest BCUT2D eigenvalue weighted by Crippen LogP contribution is 2.27. The van der Waals surface area contributed by atoms with Crippen molar-refractivity contribution in [1.82, 2.24) is 0 Å². The number of benzene rings is 2. The highest BCUT2D eigenvalue weighted by atomic mass is 28.3. The van der Waals surface area contributed by atoms with Gasteiger partial charge in [-0.2, -0.15) is 0 Å². The van der Waals surface area contributed by atoms with Gasteiger partial charge in [0.25, 0.3) is 0 Å². The summed E-state index contributed by atoms with van der Waals surface area (Å²) in [6.07, 6.45) is 7.84. The summed E-state index contributed by atoms with van der Waals surface area (Å²) in [4.78, 5) is 0. The molecule has 2 aromatic carbocycles. The maximum atomic E-state index is 10.2. The normalized spacial score (nSPS) is 21.9. The minimum Gasteiger partial charge on any atom is -0.393 e. The van der Waals surface area contributed by atoms with E-state index in [1.807, 2.05) is 0 Å². The van der Waals surface area contributed by atoms with E-state index >= 15 is 0 Å². The van der Waals surface area contributed by atoms with E-state index in [1.54, 1.807) is 0 Å². The molecule has 0 spiro atoms. The van der Waals surface area contributed by atoms with Crippen LogP contribution in [0.15, 0.2) is 72.4 Å². The number of aliphatic hydroxyl groups is 1. The average molecular weight is 337 g/mol. The Balaban J connectivity index is 1.84. The molecule has 126 valence electrons. The molecule has 0 amide bonds. The molecule has 0 radical (unpaired) electrons. The van der Waals surface area contributed by atoms with E-state index in [0.717, 1.165) is 12.8 Å². The van der Waals surface area contributed by atoms with E-state index in [1.165, 1.54) is 29.6 Å². The standard InChI is InChI=1S/C22H28OSi/c1-24(20-13-4-2-5-14-20,21-15-6-3-7-16-21)18-10-12-19-11-8-9-17-22(19)23/h2-7,10,13-16,18-19,22-23H,8-9,11-12,17H2,1H3/b18-10+/t19-,22+/m1/s1. The summed E-state index contributed by atoms with van der Waals surface area (Å²) in [5.41, 5.74) is 2.47. The van der Waals surface area contributed by atoms with Gasteiger partial charge in [0, 0.05) is 0 Å². The smallest absolute Gasteiger partial charge is 0.137 e. The van der Waals surface area contributed by atoms with Crippen molar-refractivity contribution in [1.29, 1.82) is 0 Å². The maximum absolute atomic E-state index is 10.2. The zero-order valence-electron chi connectivity index (χ0n) is 14.6. The summed E-state index contributed by atoms with van der Waals surface area (Å²) < 4.78 is 0. The largest absolute Gasteiger partial charge is 0.393 e. The second-order valence-corrected chi connectivity index (χ2v) is 11.1. The van der Waals surface area contributed by atoms with Crippen LogP contribution in [0.3, 0.4) is 0 Å². The Morgan fingerprint density at radius 2 is 1.46 bits per heavy atom. The fraction of sp³-hybridized carbons (Fsp3) is 0.364. The summed E-state index contributed by atoms with van der Waals surface area (Å²) in [7, 11) is -1.87. The van der Waals surface area contributed by atoms with Crippen molar-refractivity contribution in [3.05, 3.63) is 72.4 Å². The summed E-state index contributed by atoms with van der Waals surface area (Å²) in [6, 6.07) is 21.8. The zero-order valence-corrected chi connectivity index (χ0v) is 15.6. The molecule has 2 heteroatoms. The molecular formula is C22H28OSi. The lowest BCUT2D eigenvalue weighted by molar-refractivity contribution is 0.0714. The van der Waals surface area contributed by atoms with Gasteiger partial charge >= 0.3 is 0 Å². The number of rotatable bonds is 5. The Kier molecular flexibility index (Phi) is 5.70. The van der Waals surface area contributed by atoms with Crippen molar-refractivity contribution in [2.45, 2.75) is 44.8 Å². The Labute approximate surface area is 147 Å². The second-order valence-electron chi connectivity index (χ2n) is 7.18. The van der Waals surface area contributed by atoms with Crippen LogP contribution in [0.5, 0.6) is 0 Å². The van der Waals surface area contributed by atoms with Crippen molar-refractivity contribution in [3.63, 3.8) is 0 Å². The average Bonchev–Trinajstić information content (AvgIpc) is 2.64. The topological polar surface area (TPSA) is 20.2 Å². The molecule has 2 aromatic rings. The van der Waals surface area contributed by atoms with E-state index < -0.39 is 8.07 Å². The van der Waals surface area contributed by atoms with E-state index in [0.29, 0.717) is 5.92 Å². The lowest BCUT2D eigenvalue weighted by atomic mass is 9.84. The first-order valence-corrected chi connectivity index (χ1v) is 11.7. The van der Waals surface area contributed by atoms with Crippen LogP contribution < -0.4 is 10.4 Å². The lowest BCUT2D eigenvalue weighted by Gasteiger charge is -2.28.